The molecular weight excluding hydrogens is 180 g/mol. The first-order valence-electron chi connectivity index (χ1n) is 3.61. The van der Waals surface area contributed by atoms with Crippen LogP contribution in [0.2, 0.25) is 0 Å². The molecule has 5 heteroatoms. The maximum absolute atomic E-state index is 13.0. The smallest absolute Gasteiger partial charge is 0.200 e. The number of halogens is 2. The van der Waals surface area contributed by atoms with Gasteiger partial charge in [0.2, 0.25) is 5.82 Å². The molecule has 0 amide bonds. The zero-order chi connectivity index (χ0) is 10.0. The van der Waals surface area contributed by atoms with Gasteiger partial charge in [-0.15, -0.1) is 0 Å². The van der Waals surface area contributed by atoms with Crippen LogP contribution < -0.4 is 5.73 Å². The number of aliphatic hydroxyl groups excluding tert-OH is 1. The van der Waals surface area contributed by atoms with E-state index < -0.39 is 30.0 Å². The Bertz CT molecular complexity index is 317. The second-order valence-electron chi connectivity index (χ2n) is 2.59. The van der Waals surface area contributed by atoms with E-state index in [2.05, 4.69) is 0 Å². The van der Waals surface area contributed by atoms with Crippen molar-refractivity contribution in [3.63, 3.8) is 0 Å². The van der Waals surface area contributed by atoms with Crippen molar-refractivity contribution in [3.8, 4) is 5.75 Å². The van der Waals surface area contributed by atoms with E-state index in [1.165, 1.54) is 0 Å². The van der Waals surface area contributed by atoms with Gasteiger partial charge in [-0.25, -0.2) is 4.39 Å². The van der Waals surface area contributed by atoms with Gasteiger partial charge in [0.15, 0.2) is 11.6 Å². The number of aromatic hydroxyl groups is 1. The average molecular weight is 189 g/mol. The van der Waals surface area contributed by atoms with Crippen LogP contribution in [0.25, 0.3) is 0 Å². The van der Waals surface area contributed by atoms with Crippen molar-refractivity contribution in [3.05, 3.63) is 29.3 Å². The molecule has 0 bridgehead atoms. The highest BCUT2D eigenvalue weighted by molar-refractivity contribution is 5.31. The molecule has 1 aromatic carbocycles. The van der Waals surface area contributed by atoms with Gasteiger partial charge in [0, 0.05) is 5.56 Å². The second kappa shape index (κ2) is 3.68. The van der Waals surface area contributed by atoms with Crippen LogP contribution in [0.4, 0.5) is 8.78 Å². The van der Waals surface area contributed by atoms with Crippen LogP contribution in [0.15, 0.2) is 12.1 Å². The zero-order valence-electron chi connectivity index (χ0n) is 6.67. The number of benzene rings is 1. The predicted molar refractivity (Wildman–Crippen MR) is 42.0 cm³/mol. The first-order valence-corrected chi connectivity index (χ1v) is 3.61. The molecule has 0 saturated carbocycles. The summed E-state index contributed by atoms with van der Waals surface area (Å²) in [5, 5.41) is 17.4. The Morgan fingerprint density at radius 1 is 1.31 bits per heavy atom. The number of phenolic OH excluding ortho intramolecular Hbond substituents is 1. The third-order valence-corrected chi connectivity index (χ3v) is 1.69. The van der Waals surface area contributed by atoms with Crippen molar-refractivity contribution >= 4 is 0 Å². The fraction of sp³-hybridized carbons (Fsp3) is 0.250. The molecule has 0 aromatic heterocycles. The van der Waals surface area contributed by atoms with E-state index >= 15 is 0 Å². The van der Waals surface area contributed by atoms with Gasteiger partial charge in [0.25, 0.3) is 0 Å². The summed E-state index contributed by atoms with van der Waals surface area (Å²) in [6.45, 7) is -0.485. The summed E-state index contributed by atoms with van der Waals surface area (Å²) in [4.78, 5) is 0. The summed E-state index contributed by atoms with van der Waals surface area (Å²) < 4.78 is 25.7. The van der Waals surface area contributed by atoms with Crippen molar-refractivity contribution in [2.45, 2.75) is 6.04 Å². The van der Waals surface area contributed by atoms with E-state index in [9.17, 15) is 8.78 Å². The molecule has 4 N–H and O–H groups in total. The highest BCUT2D eigenvalue weighted by Crippen LogP contribution is 2.24. The molecule has 0 spiro atoms. The van der Waals surface area contributed by atoms with Crippen LogP contribution in [0.1, 0.15) is 11.6 Å². The molecule has 0 heterocycles. The summed E-state index contributed by atoms with van der Waals surface area (Å²) in [5.74, 6) is -3.34. The molecule has 0 aliphatic heterocycles. The van der Waals surface area contributed by atoms with Gasteiger partial charge < -0.3 is 15.9 Å². The fourth-order valence-electron chi connectivity index (χ4n) is 0.939. The first-order chi connectivity index (χ1) is 6.07. The third kappa shape index (κ3) is 1.76. The third-order valence-electron chi connectivity index (χ3n) is 1.69. The van der Waals surface area contributed by atoms with E-state index in [0.717, 1.165) is 12.1 Å². The molecule has 0 fully saturated rings. The molecule has 0 radical (unpaired) electrons. The topological polar surface area (TPSA) is 66.5 Å². The van der Waals surface area contributed by atoms with E-state index in [4.69, 9.17) is 15.9 Å². The minimum Gasteiger partial charge on any atom is -0.505 e. The second-order valence-corrected chi connectivity index (χ2v) is 2.59. The molecule has 1 atom stereocenters. The lowest BCUT2D eigenvalue weighted by Gasteiger charge is -2.10. The van der Waals surface area contributed by atoms with Gasteiger partial charge in [0.05, 0.1) is 12.6 Å². The molecule has 1 aromatic rings. The van der Waals surface area contributed by atoms with E-state index in [0.29, 0.717) is 0 Å². The number of phenols is 1. The Kier molecular flexibility index (Phi) is 2.79. The molecule has 0 unspecified atom stereocenters. The van der Waals surface area contributed by atoms with Crippen molar-refractivity contribution in [2.24, 2.45) is 5.73 Å². The SMILES string of the molecule is N[C@H](CO)c1ccc(O)c(F)c1F. The number of nitrogens with two attached hydrogens (primary N) is 1. The van der Waals surface area contributed by atoms with Gasteiger partial charge in [-0.05, 0) is 6.07 Å². The summed E-state index contributed by atoms with van der Waals surface area (Å²) in [6, 6.07) is 1.15. The quantitative estimate of drug-likeness (QED) is 0.640. The van der Waals surface area contributed by atoms with Gasteiger partial charge in [-0.2, -0.15) is 4.39 Å². The largest absolute Gasteiger partial charge is 0.505 e. The maximum Gasteiger partial charge on any atom is 0.200 e. The van der Waals surface area contributed by atoms with Crippen molar-refractivity contribution in [1.82, 2.24) is 0 Å². The summed E-state index contributed by atoms with van der Waals surface area (Å²) in [7, 11) is 0. The Hall–Kier alpha value is -1.20. The van der Waals surface area contributed by atoms with Crippen LogP contribution in [0.5, 0.6) is 5.75 Å². The molecule has 3 nitrogen and oxygen atoms in total. The van der Waals surface area contributed by atoms with Crippen molar-refractivity contribution in [2.75, 3.05) is 6.61 Å². The molecule has 0 saturated heterocycles. The van der Waals surface area contributed by atoms with Gasteiger partial charge >= 0.3 is 0 Å². The number of rotatable bonds is 2. The van der Waals surface area contributed by atoms with Gasteiger partial charge in [-0.1, -0.05) is 6.07 Å². The van der Waals surface area contributed by atoms with Crippen LogP contribution >= 0.6 is 0 Å². The summed E-state index contributed by atoms with van der Waals surface area (Å²) in [6.07, 6.45) is 0. The Labute approximate surface area is 73.4 Å². The lowest BCUT2D eigenvalue weighted by Crippen LogP contribution is -2.16. The number of hydrogen-bond acceptors (Lipinski definition) is 3. The fourth-order valence-corrected chi connectivity index (χ4v) is 0.939. The highest BCUT2D eigenvalue weighted by Gasteiger charge is 2.16. The highest BCUT2D eigenvalue weighted by atomic mass is 19.2. The minimum absolute atomic E-state index is 0.155. The minimum atomic E-state index is -1.35. The molecule has 13 heavy (non-hydrogen) atoms. The zero-order valence-corrected chi connectivity index (χ0v) is 6.67. The molecule has 1 rings (SSSR count). The number of hydrogen-bond donors (Lipinski definition) is 3. The Balaban J connectivity index is 3.18. The standard InChI is InChI=1S/C8H9F2NO2/c9-7-4(5(11)3-12)1-2-6(13)8(7)10/h1-2,5,12-13H,3,11H2/t5-/m1/s1. The monoisotopic (exact) mass is 189 g/mol. The lowest BCUT2D eigenvalue weighted by molar-refractivity contribution is 0.264. The lowest BCUT2D eigenvalue weighted by atomic mass is 10.1. The Morgan fingerprint density at radius 2 is 1.92 bits per heavy atom. The van der Waals surface area contributed by atoms with E-state index in [1.54, 1.807) is 0 Å². The van der Waals surface area contributed by atoms with Crippen LogP contribution in [0, 0.1) is 11.6 Å². The molecule has 0 aliphatic rings. The Morgan fingerprint density at radius 3 is 2.46 bits per heavy atom. The van der Waals surface area contributed by atoms with Crippen LogP contribution in [-0.2, 0) is 0 Å². The van der Waals surface area contributed by atoms with Gasteiger partial charge in [-0.3, -0.25) is 0 Å². The average Bonchev–Trinajstić information content (AvgIpc) is 2.13. The van der Waals surface area contributed by atoms with Crippen LogP contribution in [-0.4, -0.2) is 16.8 Å². The van der Waals surface area contributed by atoms with E-state index in [1.807, 2.05) is 0 Å². The normalized spacial score (nSPS) is 12.9. The molecule has 0 aliphatic carbocycles. The summed E-state index contributed by atoms with van der Waals surface area (Å²) >= 11 is 0. The van der Waals surface area contributed by atoms with Gasteiger partial charge in [0.1, 0.15) is 0 Å². The molecular formula is C8H9F2NO2. The maximum atomic E-state index is 13.0. The van der Waals surface area contributed by atoms with Crippen LogP contribution in [0.3, 0.4) is 0 Å². The van der Waals surface area contributed by atoms with Crippen molar-refractivity contribution < 1.29 is 19.0 Å². The molecule has 72 valence electrons. The predicted octanol–water partition coefficient (Wildman–Crippen LogP) is 0.662. The van der Waals surface area contributed by atoms with E-state index in [-0.39, 0.29) is 5.56 Å². The first kappa shape index (κ1) is 9.88. The number of aliphatic hydroxyl groups is 1. The van der Waals surface area contributed by atoms with Crippen molar-refractivity contribution in [1.29, 1.82) is 0 Å². The summed E-state index contributed by atoms with van der Waals surface area (Å²) in [5.41, 5.74) is 5.12.